The molecule has 1 aliphatic heterocycles. The number of aromatic amines is 1. The largest absolute Gasteiger partial charge is 0.381 e. The summed E-state index contributed by atoms with van der Waals surface area (Å²) in [6, 6.07) is 0. The van der Waals surface area contributed by atoms with Crippen molar-refractivity contribution >= 4 is 10.0 Å². The average molecular weight is 316 g/mol. The Labute approximate surface area is 125 Å². The average Bonchev–Trinajstić information content (AvgIpc) is 2.96. The summed E-state index contributed by atoms with van der Waals surface area (Å²) in [6.45, 7) is 5.20. The predicted molar refractivity (Wildman–Crippen MR) is 79.3 cm³/mol. The lowest BCUT2D eigenvalue weighted by Gasteiger charge is -2.22. The zero-order valence-corrected chi connectivity index (χ0v) is 13.2. The van der Waals surface area contributed by atoms with Crippen molar-refractivity contribution in [3.63, 3.8) is 0 Å². The number of hydrogen-bond donors (Lipinski definition) is 3. The first-order valence-electron chi connectivity index (χ1n) is 7.44. The van der Waals surface area contributed by atoms with Crippen LogP contribution >= 0.6 is 0 Å². The first kappa shape index (κ1) is 16.4. The zero-order chi connectivity index (χ0) is 15.1. The molecule has 0 saturated carbocycles. The Bertz CT molecular complexity index is 523. The van der Waals surface area contributed by atoms with Crippen LogP contribution in [0.25, 0.3) is 0 Å². The molecule has 1 unspecified atom stereocenters. The van der Waals surface area contributed by atoms with Crippen LogP contribution in [-0.4, -0.2) is 44.9 Å². The fourth-order valence-corrected chi connectivity index (χ4v) is 3.57. The Hall–Kier alpha value is -0.960. The second kappa shape index (κ2) is 7.88. The van der Waals surface area contributed by atoms with Crippen LogP contribution in [0.3, 0.4) is 0 Å². The van der Waals surface area contributed by atoms with Crippen molar-refractivity contribution < 1.29 is 13.2 Å². The predicted octanol–water partition coefficient (Wildman–Crippen LogP) is 0.614. The van der Waals surface area contributed by atoms with Gasteiger partial charge in [-0.1, -0.05) is 6.92 Å². The Morgan fingerprint density at radius 1 is 1.52 bits per heavy atom. The normalized spacial score (nSPS) is 19.8. The van der Waals surface area contributed by atoms with E-state index in [0.717, 1.165) is 32.4 Å². The van der Waals surface area contributed by atoms with Crippen LogP contribution in [0.15, 0.2) is 11.2 Å². The van der Waals surface area contributed by atoms with E-state index in [1.807, 2.05) is 0 Å². The maximum absolute atomic E-state index is 12.3. The van der Waals surface area contributed by atoms with Crippen molar-refractivity contribution in [2.75, 3.05) is 26.3 Å². The first-order valence-corrected chi connectivity index (χ1v) is 8.92. The van der Waals surface area contributed by atoms with Crippen molar-refractivity contribution in [3.05, 3.63) is 11.8 Å². The molecule has 1 aromatic heterocycles. The van der Waals surface area contributed by atoms with Crippen LogP contribution in [0.1, 0.15) is 31.7 Å². The van der Waals surface area contributed by atoms with Gasteiger partial charge in [0.25, 0.3) is 10.0 Å². The van der Waals surface area contributed by atoms with E-state index in [4.69, 9.17) is 4.74 Å². The second-order valence-electron chi connectivity index (χ2n) is 5.34. The van der Waals surface area contributed by atoms with Crippen LogP contribution in [0, 0.1) is 5.92 Å². The van der Waals surface area contributed by atoms with E-state index < -0.39 is 10.0 Å². The zero-order valence-electron chi connectivity index (χ0n) is 12.4. The van der Waals surface area contributed by atoms with E-state index in [0.29, 0.717) is 25.3 Å². The van der Waals surface area contributed by atoms with Gasteiger partial charge in [-0.2, -0.15) is 5.10 Å². The van der Waals surface area contributed by atoms with Gasteiger partial charge in [-0.15, -0.1) is 0 Å². The maximum Gasteiger partial charge on any atom is 0.257 e. The third kappa shape index (κ3) is 4.77. The number of H-pyrrole nitrogens is 1. The van der Waals surface area contributed by atoms with Gasteiger partial charge in [0.15, 0.2) is 5.03 Å². The molecule has 0 aliphatic carbocycles. The maximum atomic E-state index is 12.3. The summed E-state index contributed by atoms with van der Waals surface area (Å²) in [7, 11) is -3.55. The fraction of sp³-hybridized carbons (Fsp3) is 0.769. The lowest BCUT2D eigenvalue weighted by Crippen LogP contribution is -2.34. The number of rotatable bonds is 8. The molecule has 1 fully saturated rings. The van der Waals surface area contributed by atoms with Gasteiger partial charge in [-0.25, -0.2) is 13.1 Å². The molecule has 0 bridgehead atoms. The minimum Gasteiger partial charge on any atom is -0.381 e. The molecule has 1 saturated heterocycles. The summed E-state index contributed by atoms with van der Waals surface area (Å²) < 4.78 is 32.7. The molecule has 0 aromatic carbocycles. The van der Waals surface area contributed by atoms with E-state index in [9.17, 15) is 8.42 Å². The Morgan fingerprint density at radius 3 is 3.10 bits per heavy atom. The second-order valence-corrected chi connectivity index (χ2v) is 7.04. The van der Waals surface area contributed by atoms with Crippen LogP contribution in [-0.2, 0) is 21.3 Å². The van der Waals surface area contributed by atoms with Crippen LogP contribution < -0.4 is 10.0 Å². The highest BCUT2D eigenvalue weighted by molar-refractivity contribution is 7.89. The van der Waals surface area contributed by atoms with E-state index in [-0.39, 0.29) is 10.9 Å². The van der Waals surface area contributed by atoms with Crippen molar-refractivity contribution in [3.8, 4) is 0 Å². The highest BCUT2D eigenvalue weighted by Gasteiger charge is 2.23. The number of aromatic nitrogens is 2. The topological polar surface area (TPSA) is 96.1 Å². The summed E-state index contributed by atoms with van der Waals surface area (Å²) in [5, 5.41) is 9.78. The summed E-state index contributed by atoms with van der Waals surface area (Å²) in [6.07, 6.45) is 4.54. The van der Waals surface area contributed by atoms with Gasteiger partial charge < -0.3 is 10.1 Å². The molecule has 0 spiro atoms. The molecule has 1 aromatic rings. The third-order valence-corrected chi connectivity index (χ3v) is 4.94. The van der Waals surface area contributed by atoms with E-state index >= 15 is 0 Å². The third-order valence-electron chi connectivity index (χ3n) is 3.51. The molecule has 21 heavy (non-hydrogen) atoms. The molecule has 1 atom stereocenters. The number of ether oxygens (including phenoxy) is 1. The number of nitrogens with one attached hydrogen (secondary N) is 3. The van der Waals surface area contributed by atoms with Crippen LogP contribution in [0.5, 0.6) is 0 Å². The van der Waals surface area contributed by atoms with E-state index in [1.54, 1.807) is 6.20 Å². The monoisotopic (exact) mass is 316 g/mol. The molecule has 0 radical (unpaired) electrons. The van der Waals surface area contributed by atoms with Crippen LogP contribution in [0.2, 0.25) is 0 Å². The Kier molecular flexibility index (Phi) is 6.16. The minimum atomic E-state index is -3.55. The lowest BCUT2D eigenvalue weighted by atomic mass is 10.0. The number of sulfonamides is 1. The molecule has 2 heterocycles. The molecular weight excluding hydrogens is 292 g/mol. The Balaban J connectivity index is 1.93. The van der Waals surface area contributed by atoms with Gasteiger partial charge in [0.2, 0.25) is 0 Å². The van der Waals surface area contributed by atoms with Gasteiger partial charge >= 0.3 is 0 Å². The summed E-state index contributed by atoms with van der Waals surface area (Å²) in [5.41, 5.74) is 0.663. The molecule has 2 rings (SSSR count). The summed E-state index contributed by atoms with van der Waals surface area (Å²) in [4.78, 5) is 0. The molecule has 8 heteroatoms. The van der Waals surface area contributed by atoms with Gasteiger partial charge in [0.1, 0.15) is 0 Å². The van der Waals surface area contributed by atoms with Gasteiger partial charge in [-0.05, 0) is 31.7 Å². The van der Waals surface area contributed by atoms with Gasteiger partial charge in [-0.3, -0.25) is 5.10 Å². The number of hydrogen-bond acceptors (Lipinski definition) is 5. The number of nitrogens with zero attached hydrogens (tertiary/aromatic N) is 1. The first-order chi connectivity index (χ1) is 10.1. The molecule has 120 valence electrons. The van der Waals surface area contributed by atoms with Crippen molar-refractivity contribution in [1.82, 2.24) is 20.2 Å². The summed E-state index contributed by atoms with van der Waals surface area (Å²) in [5.74, 6) is 0.248. The van der Waals surface area contributed by atoms with Crippen molar-refractivity contribution in [1.29, 1.82) is 0 Å². The SMILES string of the molecule is CCCNCc1cn[nH]c1S(=O)(=O)NCC1CCCOC1. The fourth-order valence-electron chi connectivity index (χ4n) is 2.33. The van der Waals surface area contributed by atoms with Crippen molar-refractivity contribution in [2.45, 2.75) is 37.8 Å². The molecule has 0 amide bonds. The minimum absolute atomic E-state index is 0.155. The smallest absolute Gasteiger partial charge is 0.257 e. The van der Waals surface area contributed by atoms with E-state index in [1.165, 1.54) is 0 Å². The van der Waals surface area contributed by atoms with E-state index in [2.05, 4.69) is 27.2 Å². The molecule has 7 nitrogen and oxygen atoms in total. The standard InChI is InChI=1S/C13H24N4O3S/c1-2-5-14-8-12-9-15-17-13(12)21(18,19)16-7-11-4-3-6-20-10-11/h9,11,14,16H,2-8,10H2,1H3,(H,15,17). The highest BCUT2D eigenvalue weighted by Crippen LogP contribution is 2.15. The molecule has 3 N–H and O–H groups in total. The quantitative estimate of drug-likeness (QED) is 0.611. The van der Waals surface area contributed by atoms with Crippen LogP contribution in [0.4, 0.5) is 0 Å². The highest BCUT2D eigenvalue weighted by atomic mass is 32.2. The molecular formula is C13H24N4O3S. The van der Waals surface area contributed by atoms with Gasteiger partial charge in [0.05, 0.1) is 12.8 Å². The lowest BCUT2D eigenvalue weighted by molar-refractivity contribution is 0.0568. The van der Waals surface area contributed by atoms with Gasteiger partial charge in [0, 0.05) is 25.3 Å². The Morgan fingerprint density at radius 2 is 2.38 bits per heavy atom. The summed E-state index contributed by atoms with van der Waals surface area (Å²) >= 11 is 0. The molecule has 1 aliphatic rings. The van der Waals surface area contributed by atoms with Crippen molar-refractivity contribution in [2.24, 2.45) is 5.92 Å².